The van der Waals surface area contributed by atoms with E-state index < -0.39 is 0 Å². The van der Waals surface area contributed by atoms with Crippen LogP contribution in [0.25, 0.3) is 0 Å². The number of benzene rings is 2. The first kappa shape index (κ1) is 13.6. The summed E-state index contributed by atoms with van der Waals surface area (Å²) in [6, 6.07) is 20.6. The van der Waals surface area contributed by atoms with Crippen LogP contribution in [0.3, 0.4) is 0 Å². The average molecular weight is 289 g/mol. The van der Waals surface area contributed by atoms with Crippen LogP contribution in [-0.4, -0.2) is 24.9 Å². The highest BCUT2D eigenvalue weighted by Gasteiger charge is 2.34. The fourth-order valence-electron chi connectivity index (χ4n) is 2.55. The van der Waals surface area contributed by atoms with Gasteiger partial charge in [0.05, 0.1) is 24.5 Å². The molecule has 0 aromatic heterocycles. The van der Waals surface area contributed by atoms with Crippen molar-refractivity contribution in [1.82, 2.24) is 0 Å². The lowest BCUT2D eigenvalue weighted by atomic mass is 9.91. The van der Waals surface area contributed by atoms with Gasteiger partial charge in [0.25, 0.3) is 0 Å². The topological polar surface area (TPSA) is 18.5 Å². The van der Waals surface area contributed by atoms with E-state index in [1.807, 2.05) is 36.4 Å². The van der Waals surface area contributed by atoms with E-state index >= 15 is 0 Å². The van der Waals surface area contributed by atoms with Gasteiger partial charge in [0, 0.05) is 0 Å². The molecule has 1 aliphatic rings. The molecule has 1 aliphatic heterocycles. The minimum atomic E-state index is -0.274. The molecule has 2 atom stereocenters. The molecule has 3 heteroatoms. The Morgan fingerprint density at radius 1 is 0.950 bits per heavy atom. The van der Waals surface area contributed by atoms with E-state index in [0.29, 0.717) is 12.5 Å². The molecule has 1 fully saturated rings. The van der Waals surface area contributed by atoms with Gasteiger partial charge in [-0.25, -0.2) is 0 Å². The third-order valence-corrected chi connectivity index (χ3v) is 3.88. The fourth-order valence-corrected chi connectivity index (χ4v) is 2.72. The summed E-state index contributed by atoms with van der Waals surface area (Å²) in [7, 11) is 0. The van der Waals surface area contributed by atoms with Crippen LogP contribution in [0, 0.1) is 0 Å². The molecule has 0 radical (unpaired) electrons. The molecule has 0 saturated carbocycles. The molecule has 20 heavy (non-hydrogen) atoms. The summed E-state index contributed by atoms with van der Waals surface area (Å²) in [5.41, 5.74) is 2.39. The second-order valence-electron chi connectivity index (χ2n) is 4.91. The maximum Gasteiger partial charge on any atom is 0.169 e. The van der Waals surface area contributed by atoms with E-state index in [-0.39, 0.29) is 18.3 Å². The van der Waals surface area contributed by atoms with Crippen molar-refractivity contribution < 1.29 is 9.47 Å². The minimum absolute atomic E-state index is 0.0170. The molecule has 104 valence electrons. The zero-order valence-electron chi connectivity index (χ0n) is 11.1. The molecule has 2 nitrogen and oxygen atoms in total. The van der Waals surface area contributed by atoms with E-state index in [1.54, 1.807) is 0 Å². The Kier molecular flexibility index (Phi) is 4.36. The second-order valence-corrected chi connectivity index (χ2v) is 5.22. The minimum Gasteiger partial charge on any atom is -0.349 e. The van der Waals surface area contributed by atoms with Crippen molar-refractivity contribution in [3.8, 4) is 0 Å². The van der Waals surface area contributed by atoms with Crippen LogP contribution < -0.4 is 0 Å². The molecule has 0 bridgehead atoms. The van der Waals surface area contributed by atoms with Crippen molar-refractivity contribution in [3.63, 3.8) is 0 Å². The maximum atomic E-state index is 5.93. The van der Waals surface area contributed by atoms with Crippen LogP contribution in [0.1, 0.15) is 17.0 Å². The average Bonchev–Trinajstić information content (AvgIpc) is 2.98. The van der Waals surface area contributed by atoms with Gasteiger partial charge in [0.2, 0.25) is 0 Å². The molecule has 3 rings (SSSR count). The quantitative estimate of drug-likeness (QED) is 0.797. The maximum absolute atomic E-state index is 5.93. The van der Waals surface area contributed by atoms with Crippen LogP contribution in [0.4, 0.5) is 0 Å². The molecule has 1 heterocycles. The van der Waals surface area contributed by atoms with E-state index in [4.69, 9.17) is 21.1 Å². The summed E-state index contributed by atoms with van der Waals surface area (Å²) in [6.07, 6.45) is -0.292. The third-order valence-electron chi connectivity index (χ3n) is 3.53. The van der Waals surface area contributed by atoms with Crippen LogP contribution in [0.5, 0.6) is 0 Å². The van der Waals surface area contributed by atoms with Crippen molar-refractivity contribution in [1.29, 1.82) is 0 Å². The normalized spacial score (nSPS) is 22.3. The van der Waals surface area contributed by atoms with Crippen LogP contribution >= 0.6 is 11.6 Å². The van der Waals surface area contributed by atoms with E-state index in [0.717, 1.165) is 0 Å². The lowest BCUT2D eigenvalue weighted by Gasteiger charge is -2.23. The first-order valence-corrected chi connectivity index (χ1v) is 7.35. The molecular formula is C17H17ClO2. The first-order valence-electron chi connectivity index (χ1n) is 6.81. The largest absolute Gasteiger partial charge is 0.349 e. The van der Waals surface area contributed by atoms with E-state index in [2.05, 4.69) is 24.3 Å². The van der Waals surface area contributed by atoms with Gasteiger partial charge in [-0.2, -0.15) is 0 Å². The van der Waals surface area contributed by atoms with Crippen LogP contribution in [0.2, 0.25) is 0 Å². The molecule has 0 unspecified atom stereocenters. The summed E-state index contributed by atoms with van der Waals surface area (Å²) in [5, 5.41) is 0. The molecule has 0 amide bonds. The SMILES string of the molecule is ClC[C@@H]1CO[C@@H](C(c2ccccc2)c2ccccc2)O1. The zero-order valence-corrected chi connectivity index (χ0v) is 11.9. The Morgan fingerprint density at radius 2 is 1.50 bits per heavy atom. The summed E-state index contributed by atoms with van der Waals surface area (Å²) in [4.78, 5) is 0. The number of halogens is 1. The van der Waals surface area contributed by atoms with Gasteiger partial charge >= 0.3 is 0 Å². The highest BCUT2D eigenvalue weighted by molar-refractivity contribution is 6.18. The summed E-state index contributed by atoms with van der Waals surface area (Å²) >= 11 is 5.86. The third kappa shape index (κ3) is 2.88. The van der Waals surface area contributed by atoms with E-state index in [9.17, 15) is 0 Å². The van der Waals surface area contributed by atoms with Gasteiger partial charge in [-0.05, 0) is 11.1 Å². The molecule has 0 spiro atoms. The van der Waals surface area contributed by atoms with Crippen LogP contribution in [0.15, 0.2) is 60.7 Å². The highest BCUT2D eigenvalue weighted by Crippen LogP contribution is 2.33. The first-order chi connectivity index (χ1) is 9.88. The van der Waals surface area contributed by atoms with Gasteiger partial charge in [0.1, 0.15) is 0 Å². The molecule has 0 aliphatic carbocycles. The lowest BCUT2D eigenvalue weighted by molar-refractivity contribution is -0.0642. The fraction of sp³-hybridized carbons (Fsp3) is 0.294. The zero-order chi connectivity index (χ0) is 13.8. The van der Waals surface area contributed by atoms with Crippen molar-refractivity contribution in [2.24, 2.45) is 0 Å². The molecule has 2 aromatic rings. The van der Waals surface area contributed by atoms with Gasteiger partial charge in [-0.15, -0.1) is 11.6 Å². The predicted molar refractivity (Wildman–Crippen MR) is 80.1 cm³/mol. The van der Waals surface area contributed by atoms with Crippen molar-refractivity contribution in [2.75, 3.05) is 12.5 Å². The van der Waals surface area contributed by atoms with Gasteiger partial charge in [-0.1, -0.05) is 60.7 Å². The molecule has 0 N–H and O–H groups in total. The van der Waals surface area contributed by atoms with Crippen molar-refractivity contribution in [3.05, 3.63) is 71.8 Å². The summed E-state index contributed by atoms with van der Waals surface area (Å²) in [6.45, 7) is 0.560. The monoisotopic (exact) mass is 288 g/mol. The number of alkyl halides is 1. The summed E-state index contributed by atoms with van der Waals surface area (Å²) in [5.74, 6) is 0.540. The Hall–Kier alpha value is -1.35. The van der Waals surface area contributed by atoms with E-state index in [1.165, 1.54) is 11.1 Å². The van der Waals surface area contributed by atoms with Crippen molar-refractivity contribution in [2.45, 2.75) is 18.3 Å². The Morgan fingerprint density at radius 3 is 1.95 bits per heavy atom. The Balaban J connectivity index is 1.93. The Bertz CT molecular complexity index is 490. The van der Waals surface area contributed by atoms with Gasteiger partial charge in [0.15, 0.2) is 6.29 Å². The molecular weight excluding hydrogens is 272 g/mol. The van der Waals surface area contributed by atoms with Gasteiger partial charge in [-0.3, -0.25) is 0 Å². The van der Waals surface area contributed by atoms with Crippen molar-refractivity contribution >= 4 is 11.6 Å². The number of hydrogen-bond donors (Lipinski definition) is 0. The Labute approximate surface area is 124 Å². The molecule has 2 aromatic carbocycles. The standard InChI is InChI=1S/C17H17ClO2/c18-11-15-12-19-17(20-15)16(13-7-3-1-4-8-13)14-9-5-2-6-10-14/h1-10,15-17H,11-12H2/t15-,17-/m1/s1. The van der Waals surface area contributed by atoms with Crippen LogP contribution in [-0.2, 0) is 9.47 Å². The predicted octanol–water partition coefficient (Wildman–Crippen LogP) is 3.80. The summed E-state index contributed by atoms with van der Waals surface area (Å²) < 4.78 is 11.7. The smallest absolute Gasteiger partial charge is 0.169 e. The second kappa shape index (κ2) is 6.40. The number of rotatable bonds is 4. The highest BCUT2D eigenvalue weighted by atomic mass is 35.5. The van der Waals surface area contributed by atoms with Gasteiger partial charge < -0.3 is 9.47 Å². The molecule has 1 saturated heterocycles. The number of ether oxygens (including phenoxy) is 2. The number of hydrogen-bond acceptors (Lipinski definition) is 2. The lowest BCUT2D eigenvalue weighted by Crippen LogP contribution is -2.22.